The van der Waals surface area contributed by atoms with Gasteiger partial charge in [0.05, 0.1) is 6.54 Å². The van der Waals surface area contributed by atoms with E-state index in [2.05, 4.69) is 0 Å². The van der Waals surface area contributed by atoms with Crippen molar-refractivity contribution in [2.45, 2.75) is 6.54 Å². The van der Waals surface area contributed by atoms with Crippen LogP contribution < -0.4 is 0 Å². The quantitative estimate of drug-likeness (QED) is 0.506. The van der Waals surface area contributed by atoms with E-state index in [9.17, 15) is 4.79 Å². The fraction of sp³-hybridized carbons (Fsp3) is 0.300. The van der Waals surface area contributed by atoms with Gasteiger partial charge in [0.2, 0.25) is 0 Å². The number of hydrogen-bond acceptors (Lipinski definition) is 2. The van der Waals surface area contributed by atoms with Crippen LogP contribution >= 0.6 is 0 Å². The van der Waals surface area contributed by atoms with E-state index < -0.39 is 0 Å². The van der Waals surface area contributed by atoms with Gasteiger partial charge in [0.1, 0.15) is 0 Å². The molecule has 0 N–H and O–H groups in total. The molecule has 0 aliphatic heterocycles. The summed E-state index contributed by atoms with van der Waals surface area (Å²) in [5.74, 6) is 0. The first-order valence-corrected chi connectivity index (χ1v) is 4.10. The standard InChI is InChI=1S/C10H13N2O/c1-11(2)12(9-13)8-10-6-4-3-5-7-10/h3-7H,8H2,1-2H3. The first kappa shape index (κ1) is 9.74. The van der Waals surface area contributed by atoms with Gasteiger partial charge < -0.3 is 0 Å². The van der Waals surface area contributed by atoms with Crippen molar-refractivity contribution in [2.24, 2.45) is 0 Å². The van der Waals surface area contributed by atoms with Gasteiger partial charge in [0.15, 0.2) is 0 Å². The third-order valence-corrected chi connectivity index (χ3v) is 1.76. The zero-order valence-electron chi connectivity index (χ0n) is 7.90. The third kappa shape index (κ3) is 2.87. The van der Waals surface area contributed by atoms with Crippen LogP contribution in [0.2, 0.25) is 0 Å². The van der Waals surface area contributed by atoms with Gasteiger partial charge in [-0.3, -0.25) is 9.80 Å². The minimum absolute atomic E-state index is 0.567. The molecular weight excluding hydrogens is 164 g/mol. The largest absolute Gasteiger partial charge is 0.328 e. The SMILES string of the molecule is CN(C)N([C]=O)Cc1ccccc1. The number of rotatable bonds is 4. The molecule has 3 nitrogen and oxygen atoms in total. The van der Waals surface area contributed by atoms with E-state index in [1.165, 1.54) is 5.01 Å². The molecule has 0 aromatic heterocycles. The molecule has 69 valence electrons. The van der Waals surface area contributed by atoms with E-state index in [1.54, 1.807) is 5.01 Å². The van der Waals surface area contributed by atoms with Crippen molar-refractivity contribution < 1.29 is 4.79 Å². The maximum Gasteiger partial charge on any atom is 0.328 e. The summed E-state index contributed by atoms with van der Waals surface area (Å²) in [6.07, 6.45) is 1.86. The summed E-state index contributed by atoms with van der Waals surface area (Å²) in [7, 11) is 3.63. The lowest BCUT2D eigenvalue weighted by molar-refractivity contribution is 0.0973. The maximum absolute atomic E-state index is 10.5. The van der Waals surface area contributed by atoms with E-state index >= 15 is 0 Å². The van der Waals surface area contributed by atoms with Crippen molar-refractivity contribution in [3.63, 3.8) is 0 Å². The summed E-state index contributed by atoms with van der Waals surface area (Å²) in [6.45, 7) is 0.567. The molecule has 0 saturated heterocycles. The lowest BCUT2D eigenvalue weighted by Gasteiger charge is -2.23. The van der Waals surface area contributed by atoms with E-state index in [4.69, 9.17) is 0 Å². The summed E-state index contributed by atoms with van der Waals surface area (Å²) in [5.41, 5.74) is 1.10. The zero-order valence-corrected chi connectivity index (χ0v) is 7.90. The Hall–Kier alpha value is -1.35. The maximum atomic E-state index is 10.5. The average molecular weight is 177 g/mol. The monoisotopic (exact) mass is 177 g/mol. The van der Waals surface area contributed by atoms with Crippen LogP contribution in [0.5, 0.6) is 0 Å². The lowest BCUT2D eigenvalue weighted by Crippen LogP contribution is -2.34. The number of hydrazine groups is 1. The highest BCUT2D eigenvalue weighted by molar-refractivity contribution is 5.47. The highest BCUT2D eigenvalue weighted by atomic mass is 16.1. The molecule has 0 saturated carbocycles. The molecule has 0 fully saturated rings. The Morgan fingerprint density at radius 2 is 1.85 bits per heavy atom. The molecule has 0 atom stereocenters. The van der Waals surface area contributed by atoms with Crippen LogP contribution in [0.15, 0.2) is 30.3 Å². The van der Waals surface area contributed by atoms with Crippen molar-refractivity contribution >= 4 is 6.41 Å². The van der Waals surface area contributed by atoms with Gasteiger partial charge in [-0.25, -0.2) is 5.01 Å². The molecule has 1 amide bonds. The molecule has 1 aromatic carbocycles. The van der Waals surface area contributed by atoms with Crippen LogP contribution in [0.4, 0.5) is 0 Å². The molecule has 1 aromatic rings. The summed E-state index contributed by atoms with van der Waals surface area (Å²) >= 11 is 0. The molecule has 13 heavy (non-hydrogen) atoms. The molecule has 1 rings (SSSR count). The first-order chi connectivity index (χ1) is 6.24. The summed E-state index contributed by atoms with van der Waals surface area (Å²) in [5, 5.41) is 3.19. The number of carbonyl (C=O) groups excluding carboxylic acids is 1. The number of amides is 1. The van der Waals surface area contributed by atoms with Crippen molar-refractivity contribution in [3.05, 3.63) is 35.9 Å². The summed E-state index contributed by atoms with van der Waals surface area (Å²) in [4.78, 5) is 10.5. The molecule has 0 heterocycles. The van der Waals surface area contributed by atoms with Gasteiger partial charge in [-0.1, -0.05) is 30.3 Å². The van der Waals surface area contributed by atoms with Crippen LogP contribution in [-0.4, -0.2) is 30.5 Å². The van der Waals surface area contributed by atoms with Gasteiger partial charge in [-0.2, -0.15) is 0 Å². The van der Waals surface area contributed by atoms with Gasteiger partial charge in [0, 0.05) is 14.1 Å². The molecule has 0 bridgehead atoms. The van der Waals surface area contributed by atoms with Crippen molar-refractivity contribution in [1.82, 2.24) is 10.0 Å². The molecular formula is C10H13N2O. The number of nitrogens with zero attached hydrogens (tertiary/aromatic N) is 2. The summed E-state index contributed by atoms with van der Waals surface area (Å²) in [6, 6.07) is 9.82. The van der Waals surface area contributed by atoms with E-state index in [0.29, 0.717) is 6.54 Å². The van der Waals surface area contributed by atoms with Crippen LogP contribution in [0.3, 0.4) is 0 Å². The highest BCUT2D eigenvalue weighted by Gasteiger charge is 2.04. The zero-order chi connectivity index (χ0) is 9.68. The van der Waals surface area contributed by atoms with Crippen LogP contribution in [0, 0.1) is 0 Å². The minimum atomic E-state index is 0.567. The Labute approximate surface area is 78.5 Å². The predicted octanol–water partition coefficient (Wildman–Crippen LogP) is 1.03. The van der Waals surface area contributed by atoms with Crippen molar-refractivity contribution in [2.75, 3.05) is 14.1 Å². The van der Waals surface area contributed by atoms with Crippen LogP contribution in [-0.2, 0) is 11.3 Å². The van der Waals surface area contributed by atoms with E-state index in [1.807, 2.05) is 50.8 Å². The first-order valence-electron chi connectivity index (χ1n) is 4.10. The van der Waals surface area contributed by atoms with Gasteiger partial charge in [-0.15, -0.1) is 0 Å². The van der Waals surface area contributed by atoms with Crippen LogP contribution in [0.25, 0.3) is 0 Å². The van der Waals surface area contributed by atoms with Crippen molar-refractivity contribution in [3.8, 4) is 0 Å². The topological polar surface area (TPSA) is 23.6 Å². The van der Waals surface area contributed by atoms with Gasteiger partial charge >= 0.3 is 6.41 Å². The van der Waals surface area contributed by atoms with Gasteiger partial charge in [0.25, 0.3) is 0 Å². The smallest absolute Gasteiger partial charge is 0.263 e. The van der Waals surface area contributed by atoms with Crippen LogP contribution in [0.1, 0.15) is 5.56 Å². The average Bonchev–Trinajstić information content (AvgIpc) is 2.15. The minimum Gasteiger partial charge on any atom is -0.263 e. The number of benzene rings is 1. The van der Waals surface area contributed by atoms with Crippen molar-refractivity contribution in [1.29, 1.82) is 0 Å². The molecule has 0 aliphatic rings. The number of hydrogen-bond donors (Lipinski definition) is 0. The van der Waals surface area contributed by atoms with E-state index in [0.717, 1.165) is 5.56 Å². The molecule has 0 spiro atoms. The third-order valence-electron chi connectivity index (χ3n) is 1.76. The lowest BCUT2D eigenvalue weighted by atomic mass is 10.2. The Morgan fingerprint density at radius 1 is 1.23 bits per heavy atom. The molecule has 1 radical (unpaired) electrons. The predicted molar refractivity (Wildman–Crippen MR) is 51.4 cm³/mol. The fourth-order valence-electron chi connectivity index (χ4n) is 1.01. The van der Waals surface area contributed by atoms with E-state index in [-0.39, 0.29) is 0 Å². The summed E-state index contributed by atoms with van der Waals surface area (Å²) < 4.78 is 0. The highest BCUT2D eigenvalue weighted by Crippen LogP contribution is 2.02. The fourth-order valence-corrected chi connectivity index (χ4v) is 1.01. The Balaban J connectivity index is 2.62. The Morgan fingerprint density at radius 3 is 2.31 bits per heavy atom. The Bertz CT molecular complexity index is 259. The normalized spacial score (nSPS) is 10.1. The second-order valence-corrected chi connectivity index (χ2v) is 2.98. The molecule has 0 aliphatic carbocycles. The molecule has 3 heteroatoms. The molecule has 0 unspecified atom stereocenters. The van der Waals surface area contributed by atoms with Gasteiger partial charge in [-0.05, 0) is 5.56 Å². The second-order valence-electron chi connectivity index (χ2n) is 2.98. The second kappa shape index (κ2) is 4.62. The Kier molecular flexibility index (Phi) is 3.46.